The highest BCUT2D eigenvalue weighted by atomic mass is 32.2. The predicted octanol–water partition coefficient (Wildman–Crippen LogP) is 2.21. The molecule has 3 N–H and O–H groups in total. The maximum absolute atomic E-state index is 11.9. The molecule has 110 valence electrons. The number of urea groups is 1. The zero-order chi connectivity index (χ0) is 14.3. The van der Waals surface area contributed by atoms with Gasteiger partial charge in [-0.3, -0.25) is 0 Å². The molecule has 2 amide bonds. The Labute approximate surface area is 118 Å². The van der Waals surface area contributed by atoms with Crippen LogP contribution in [0.5, 0.6) is 0 Å². The van der Waals surface area contributed by atoms with E-state index in [-0.39, 0.29) is 12.1 Å². The lowest BCUT2D eigenvalue weighted by Crippen LogP contribution is -2.56. The molecule has 0 aromatic rings. The molecule has 0 radical (unpaired) electrons. The average molecular weight is 288 g/mol. The Bertz CT molecular complexity index is 317. The van der Waals surface area contributed by atoms with E-state index < -0.39 is 11.5 Å². The molecule has 0 saturated heterocycles. The summed E-state index contributed by atoms with van der Waals surface area (Å²) in [4.78, 5) is 23.2. The third-order valence-electron chi connectivity index (χ3n) is 3.50. The van der Waals surface area contributed by atoms with Gasteiger partial charge in [0.2, 0.25) is 0 Å². The van der Waals surface area contributed by atoms with Crippen LogP contribution in [0.25, 0.3) is 0 Å². The molecule has 1 unspecified atom stereocenters. The minimum atomic E-state index is -1.05. The molecule has 6 heteroatoms. The van der Waals surface area contributed by atoms with Gasteiger partial charge in [-0.25, -0.2) is 9.59 Å². The Morgan fingerprint density at radius 1 is 1.37 bits per heavy atom. The number of aliphatic carboxylic acids is 1. The number of hydrogen-bond donors (Lipinski definition) is 3. The fraction of sp³-hybridized carbons (Fsp3) is 0.846. The summed E-state index contributed by atoms with van der Waals surface area (Å²) in [5, 5.41) is 14.7. The highest BCUT2D eigenvalue weighted by Gasteiger charge is 2.42. The first-order valence-electron chi connectivity index (χ1n) is 6.90. The van der Waals surface area contributed by atoms with Crippen molar-refractivity contribution in [2.24, 2.45) is 0 Å². The van der Waals surface area contributed by atoms with Gasteiger partial charge in [-0.05, 0) is 37.7 Å². The predicted molar refractivity (Wildman–Crippen MR) is 77.6 cm³/mol. The van der Waals surface area contributed by atoms with Crippen LogP contribution < -0.4 is 10.6 Å². The molecule has 5 nitrogen and oxygen atoms in total. The van der Waals surface area contributed by atoms with Gasteiger partial charge >= 0.3 is 12.0 Å². The average Bonchev–Trinajstić information content (AvgIpc) is 2.79. The van der Waals surface area contributed by atoms with Crippen LogP contribution in [0, 0.1) is 0 Å². The molecular formula is C13H24N2O3S. The summed E-state index contributed by atoms with van der Waals surface area (Å²) in [7, 11) is 0. The highest BCUT2D eigenvalue weighted by Crippen LogP contribution is 2.29. The van der Waals surface area contributed by atoms with Gasteiger partial charge < -0.3 is 15.7 Å². The minimum Gasteiger partial charge on any atom is -0.480 e. The molecule has 0 bridgehead atoms. The van der Waals surface area contributed by atoms with E-state index in [1.54, 1.807) is 0 Å². The van der Waals surface area contributed by atoms with E-state index in [9.17, 15) is 14.7 Å². The van der Waals surface area contributed by atoms with Gasteiger partial charge in [0.05, 0.1) is 0 Å². The maximum atomic E-state index is 11.9. The van der Waals surface area contributed by atoms with Crippen molar-refractivity contribution in [1.82, 2.24) is 10.6 Å². The van der Waals surface area contributed by atoms with Crippen molar-refractivity contribution in [3.8, 4) is 0 Å². The lowest BCUT2D eigenvalue weighted by molar-refractivity contribution is -0.144. The standard InChI is InChI=1S/C13H24N2O3S/c1-3-19-9-6-10(2)14-12(18)15-13(11(16)17)7-4-5-8-13/h10H,3-9H2,1-2H3,(H,16,17)(H2,14,15,18). The lowest BCUT2D eigenvalue weighted by Gasteiger charge is -2.26. The number of carbonyl (C=O) groups excluding carboxylic acids is 1. The quantitative estimate of drug-likeness (QED) is 0.628. The zero-order valence-electron chi connectivity index (χ0n) is 11.7. The molecule has 0 aromatic carbocycles. The van der Waals surface area contributed by atoms with E-state index in [4.69, 9.17) is 0 Å². The Balaban J connectivity index is 2.39. The van der Waals surface area contributed by atoms with Crippen LogP contribution in [0.4, 0.5) is 4.79 Å². The molecule has 0 heterocycles. The molecular weight excluding hydrogens is 264 g/mol. The molecule has 1 atom stereocenters. The van der Waals surface area contributed by atoms with Crippen LogP contribution in [0.3, 0.4) is 0 Å². The van der Waals surface area contributed by atoms with Crippen LogP contribution in [0.1, 0.15) is 46.0 Å². The Hall–Kier alpha value is -0.910. The van der Waals surface area contributed by atoms with Crippen molar-refractivity contribution >= 4 is 23.8 Å². The van der Waals surface area contributed by atoms with Gasteiger partial charge in [-0.1, -0.05) is 19.8 Å². The van der Waals surface area contributed by atoms with Crippen molar-refractivity contribution in [3.05, 3.63) is 0 Å². The largest absolute Gasteiger partial charge is 0.480 e. The van der Waals surface area contributed by atoms with Gasteiger partial charge in [0, 0.05) is 6.04 Å². The van der Waals surface area contributed by atoms with Crippen LogP contribution >= 0.6 is 11.8 Å². The summed E-state index contributed by atoms with van der Waals surface area (Å²) in [6.07, 6.45) is 3.65. The van der Waals surface area contributed by atoms with E-state index in [1.807, 2.05) is 18.7 Å². The molecule has 1 saturated carbocycles. The third-order valence-corrected chi connectivity index (χ3v) is 4.43. The number of amides is 2. The van der Waals surface area contributed by atoms with Gasteiger partial charge in [0.25, 0.3) is 0 Å². The van der Waals surface area contributed by atoms with Crippen LogP contribution in [0.15, 0.2) is 0 Å². The summed E-state index contributed by atoms with van der Waals surface area (Å²) < 4.78 is 0. The van der Waals surface area contributed by atoms with Gasteiger partial charge in [-0.2, -0.15) is 11.8 Å². The topological polar surface area (TPSA) is 78.4 Å². The zero-order valence-corrected chi connectivity index (χ0v) is 12.5. The molecule has 0 aromatic heterocycles. The molecule has 1 fully saturated rings. The first-order chi connectivity index (χ1) is 9.00. The summed E-state index contributed by atoms with van der Waals surface area (Å²) in [6.45, 7) is 4.05. The summed E-state index contributed by atoms with van der Waals surface area (Å²) in [5.41, 5.74) is -1.05. The molecule has 0 spiro atoms. The van der Waals surface area contributed by atoms with Crippen molar-refractivity contribution in [1.29, 1.82) is 0 Å². The van der Waals surface area contributed by atoms with Gasteiger partial charge in [0.15, 0.2) is 0 Å². The Kier molecular flexibility index (Phi) is 6.48. The molecule has 0 aliphatic heterocycles. The Morgan fingerprint density at radius 2 is 2.00 bits per heavy atom. The van der Waals surface area contributed by atoms with Crippen molar-refractivity contribution in [3.63, 3.8) is 0 Å². The monoisotopic (exact) mass is 288 g/mol. The highest BCUT2D eigenvalue weighted by molar-refractivity contribution is 7.99. The van der Waals surface area contributed by atoms with Crippen molar-refractivity contribution in [2.75, 3.05) is 11.5 Å². The normalized spacial score (nSPS) is 18.8. The van der Waals surface area contributed by atoms with Gasteiger partial charge in [-0.15, -0.1) is 0 Å². The fourth-order valence-electron chi connectivity index (χ4n) is 2.32. The lowest BCUT2D eigenvalue weighted by atomic mass is 9.98. The number of hydrogen-bond acceptors (Lipinski definition) is 3. The number of rotatable bonds is 7. The van der Waals surface area contributed by atoms with E-state index in [0.717, 1.165) is 30.8 Å². The summed E-state index contributed by atoms with van der Waals surface area (Å²) in [6, 6.07) is -0.301. The number of carboxylic acid groups (broad SMARTS) is 1. The van der Waals surface area contributed by atoms with Crippen LogP contribution in [-0.4, -0.2) is 40.2 Å². The number of carbonyl (C=O) groups is 2. The van der Waals surface area contributed by atoms with Crippen molar-refractivity contribution < 1.29 is 14.7 Å². The number of nitrogens with one attached hydrogen (secondary N) is 2. The smallest absolute Gasteiger partial charge is 0.329 e. The minimum absolute atomic E-state index is 0.0614. The third kappa shape index (κ3) is 4.93. The van der Waals surface area contributed by atoms with Crippen molar-refractivity contribution in [2.45, 2.75) is 57.5 Å². The summed E-state index contributed by atoms with van der Waals surface area (Å²) >= 11 is 1.83. The van der Waals surface area contributed by atoms with Gasteiger partial charge in [0.1, 0.15) is 5.54 Å². The van der Waals surface area contributed by atoms with Crippen LogP contribution in [0.2, 0.25) is 0 Å². The van der Waals surface area contributed by atoms with E-state index >= 15 is 0 Å². The molecule has 1 aliphatic rings. The number of carboxylic acids is 1. The second-order valence-electron chi connectivity index (χ2n) is 5.08. The van der Waals surface area contributed by atoms with Crippen LogP contribution in [-0.2, 0) is 4.79 Å². The SMILES string of the molecule is CCSCCC(C)NC(=O)NC1(C(=O)O)CCCC1. The van der Waals surface area contributed by atoms with E-state index in [1.165, 1.54) is 0 Å². The first-order valence-corrected chi connectivity index (χ1v) is 8.05. The Morgan fingerprint density at radius 3 is 2.53 bits per heavy atom. The molecule has 1 rings (SSSR count). The molecule has 1 aliphatic carbocycles. The second-order valence-corrected chi connectivity index (χ2v) is 6.47. The number of thioether (sulfide) groups is 1. The van der Waals surface area contributed by atoms with E-state index in [2.05, 4.69) is 17.6 Å². The second kappa shape index (κ2) is 7.62. The van der Waals surface area contributed by atoms with E-state index in [0.29, 0.717) is 12.8 Å². The fourth-order valence-corrected chi connectivity index (χ4v) is 3.13. The summed E-state index contributed by atoms with van der Waals surface area (Å²) in [5.74, 6) is 1.15. The molecule has 19 heavy (non-hydrogen) atoms. The maximum Gasteiger partial charge on any atom is 0.329 e. The first kappa shape index (κ1) is 16.1.